The Hall–Kier alpha value is -2.90. The van der Waals surface area contributed by atoms with Crippen LogP contribution in [-0.2, 0) is 27.3 Å². The number of halogens is 1. The Kier molecular flexibility index (Phi) is 7.88. The van der Waals surface area contributed by atoms with Crippen LogP contribution in [0.25, 0.3) is 0 Å². The molecule has 32 heavy (non-hydrogen) atoms. The van der Waals surface area contributed by atoms with Crippen LogP contribution in [0.4, 0.5) is 10.1 Å². The first-order chi connectivity index (χ1) is 15.2. The summed E-state index contributed by atoms with van der Waals surface area (Å²) < 4.78 is 20.3. The summed E-state index contributed by atoms with van der Waals surface area (Å²) in [4.78, 5) is 28.5. The van der Waals surface area contributed by atoms with Gasteiger partial charge in [-0.2, -0.15) is 5.10 Å². The van der Waals surface area contributed by atoms with E-state index in [4.69, 9.17) is 4.74 Å². The van der Waals surface area contributed by atoms with Gasteiger partial charge in [0.1, 0.15) is 5.82 Å². The van der Waals surface area contributed by atoms with E-state index < -0.39 is 0 Å². The average molecular weight is 445 g/mol. The summed E-state index contributed by atoms with van der Waals surface area (Å²) >= 11 is 0. The first-order valence-corrected chi connectivity index (χ1v) is 11.2. The SMILES string of the molecule is Cc1nn(CC(C)C)c(C)c1CCC(=O)OCC(=O)N1CCN(c2ccc(F)cc2)CC1. The molecule has 8 heteroatoms. The predicted octanol–water partition coefficient (Wildman–Crippen LogP) is 3.12. The van der Waals surface area contributed by atoms with Gasteiger partial charge >= 0.3 is 5.97 Å². The van der Waals surface area contributed by atoms with Crippen LogP contribution in [-0.4, -0.2) is 59.3 Å². The van der Waals surface area contributed by atoms with E-state index in [0.717, 1.165) is 29.2 Å². The van der Waals surface area contributed by atoms with Crippen molar-refractivity contribution < 1.29 is 18.7 Å². The van der Waals surface area contributed by atoms with Crippen molar-refractivity contribution in [2.24, 2.45) is 5.92 Å². The minimum atomic E-state index is -0.376. The van der Waals surface area contributed by atoms with E-state index in [-0.39, 0.29) is 30.7 Å². The van der Waals surface area contributed by atoms with Crippen molar-refractivity contribution in [3.05, 3.63) is 47.0 Å². The number of benzene rings is 1. The predicted molar refractivity (Wildman–Crippen MR) is 121 cm³/mol. The molecule has 0 N–H and O–H groups in total. The summed E-state index contributed by atoms with van der Waals surface area (Å²) in [5.74, 6) is -0.332. The molecule has 0 radical (unpaired) electrons. The Bertz CT molecular complexity index is 931. The first-order valence-electron chi connectivity index (χ1n) is 11.2. The molecule has 2 heterocycles. The quantitative estimate of drug-likeness (QED) is 0.586. The molecule has 0 atom stereocenters. The molecular weight excluding hydrogens is 411 g/mol. The zero-order valence-electron chi connectivity index (χ0n) is 19.4. The highest BCUT2D eigenvalue weighted by molar-refractivity contribution is 5.81. The minimum absolute atomic E-state index is 0.186. The van der Waals surface area contributed by atoms with Gasteiger partial charge in [-0.25, -0.2) is 4.39 Å². The van der Waals surface area contributed by atoms with E-state index in [9.17, 15) is 14.0 Å². The molecule has 1 amide bonds. The van der Waals surface area contributed by atoms with E-state index in [1.54, 1.807) is 17.0 Å². The number of anilines is 1. The summed E-state index contributed by atoms with van der Waals surface area (Å²) in [6.07, 6.45) is 0.778. The normalized spacial score (nSPS) is 14.2. The lowest BCUT2D eigenvalue weighted by atomic mass is 10.1. The maximum Gasteiger partial charge on any atom is 0.306 e. The lowest BCUT2D eigenvalue weighted by Crippen LogP contribution is -2.49. The van der Waals surface area contributed by atoms with Crippen LogP contribution in [0.3, 0.4) is 0 Å². The highest BCUT2D eigenvalue weighted by atomic mass is 19.1. The maximum atomic E-state index is 13.1. The Morgan fingerprint density at radius 2 is 1.75 bits per heavy atom. The fourth-order valence-electron chi connectivity index (χ4n) is 4.02. The lowest BCUT2D eigenvalue weighted by molar-refractivity contribution is -0.152. The summed E-state index contributed by atoms with van der Waals surface area (Å²) in [7, 11) is 0. The van der Waals surface area contributed by atoms with Crippen LogP contribution in [0.1, 0.15) is 37.2 Å². The van der Waals surface area contributed by atoms with Crippen molar-refractivity contribution in [1.82, 2.24) is 14.7 Å². The molecule has 0 bridgehead atoms. The summed E-state index contributed by atoms with van der Waals surface area (Å²) in [6, 6.07) is 6.35. The van der Waals surface area contributed by atoms with Crippen molar-refractivity contribution in [2.75, 3.05) is 37.7 Å². The molecule has 1 aliphatic heterocycles. The van der Waals surface area contributed by atoms with Gasteiger partial charge in [-0.3, -0.25) is 14.3 Å². The minimum Gasteiger partial charge on any atom is -0.456 e. The number of nitrogens with zero attached hydrogens (tertiary/aromatic N) is 4. The van der Waals surface area contributed by atoms with Crippen LogP contribution in [0, 0.1) is 25.6 Å². The molecular formula is C24H33FN4O3. The highest BCUT2D eigenvalue weighted by Crippen LogP contribution is 2.18. The molecule has 7 nitrogen and oxygen atoms in total. The zero-order valence-corrected chi connectivity index (χ0v) is 19.4. The number of amides is 1. The smallest absolute Gasteiger partial charge is 0.306 e. The number of aromatic nitrogens is 2. The van der Waals surface area contributed by atoms with Gasteiger partial charge in [-0.15, -0.1) is 0 Å². The van der Waals surface area contributed by atoms with Crippen molar-refractivity contribution >= 4 is 17.6 Å². The third-order valence-electron chi connectivity index (χ3n) is 5.83. The van der Waals surface area contributed by atoms with Crippen molar-refractivity contribution in [3.8, 4) is 0 Å². The van der Waals surface area contributed by atoms with Gasteiger partial charge in [0.25, 0.3) is 5.91 Å². The summed E-state index contributed by atoms with van der Waals surface area (Å²) in [5, 5.41) is 4.58. The Labute approximate surface area is 189 Å². The number of ether oxygens (including phenoxy) is 1. The molecule has 1 fully saturated rings. The van der Waals surface area contributed by atoms with Crippen LogP contribution < -0.4 is 4.90 Å². The Balaban J connectivity index is 1.41. The number of hydrogen-bond donors (Lipinski definition) is 0. The molecule has 1 aromatic carbocycles. The molecule has 0 unspecified atom stereocenters. The largest absolute Gasteiger partial charge is 0.456 e. The van der Waals surface area contributed by atoms with Gasteiger partial charge in [-0.1, -0.05) is 13.8 Å². The van der Waals surface area contributed by atoms with Crippen LogP contribution in [0.5, 0.6) is 0 Å². The highest BCUT2D eigenvalue weighted by Gasteiger charge is 2.22. The van der Waals surface area contributed by atoms with Crippen LogP contribution >= 0.6 is 0 Å². The number of hydrogen-bond acceptors (Lipinski definition) is 5. The fourth-order valence-corrected chi connectivity index (χ4v) is 4.02. The second kappa shape index (κ2) is 10.6. The number of rotatable bonds is 8. The number of esters is 1. The summed E-state index contributed by atoms with van der Waals surface area (Å²) in [5.41, 5.74) is 4.03. The number of carbonyl (C=O) groups excluding carboxylic acids is 2. The van der Waals surface area contributed by atoms with E-state index in [2.05, 4.69) is 23.8 Å². The lowest BCUT2D eigenvalue weighted by Gasteiger charge is -2.36. The molecule has 0 aliphatic carbocycles. The Morgan fingerprint density at radius 1 is 1.09 bits per heavy atom. The van der Waals surface area contributed by atoms with E-state index in [1.165, 1.54) is 12.1 Å². The van der Waals surface area contributed by atoms with Gasteiger partial charge in [0.2, 0.25) is 0 Å². The van der Waals surface area contributed by atoms with Gasteiger partial charge in [0.05, 0.1) is 5.69 Å². The topological polar surface area (TPSA) is 67.7 Å². The molecule has 3 rings (SSSR count). The fraction of sp³-hybridized carbons (Fsp3) is 0.542. The van der Waals surface area contributed by atoms with Crippen molar-refractivity contribution in [2.45, 2.75) is 47.1 Å². The second-order valence-electron chi connectivity index (χ2n) is 8.73. The van der Waals surface area contributed by atoms with Crippen LogP contribution in [0.2, 0.25) is 0 Å². The standard InChI is InChI=1S/C24H33FN4O3/c1-17(2)15-29-19(4)22(18(3)26-29)9-10-24(31)32-16-23(30)28-13-11-27(12-14-28)21-7-5-20(25)6-8-21/h5-8,17H,9-16H2,1-4H3. The second-order valence-corrected chi connectivity index (χ2v) is 8.73. The van der Waals surface area contributed by atoms with Crippen LogP contribution in [0.15, 0.2) is 24.3 Å². The van der Waals surface area contributed by atoms with Crippen molar-refractivity contribution in [3.63, 3.8) is 0 Å². The third-order valence-corrected chi connectivity index (χ3v) is 5.83. The molecule has 1 aliphatic rings. The molecule has 1 aromatic heterocycles. The third kappa shape index (κ3) is 6.08. The maximum absolute atomic E-state index is 13.1. The summed E-state index contributed by atoms with van der Waals surface area (Å²) in [6.45, 7) is 11.3. The molecule has 0 spiro atoms. The zero-order chi connectivity index (χ0) is 23.3. The van der Waals surface area contributed by atoms with E-state index >= 15 is 0 Å². The first kappa shape index (κ1) is 23.8. The van der Waals surface area contributed by atoms with Crippen molar-refractivity contribution in [1.29, 1.82) is 0 Å². The van der Waals surface area contributed by atoms with Gasteiger partial charge in [0.15, 0.2) is 6.61 Å². The van der Waals surface area contributed by atoms with Gasteiger partial charge < -0.3 is 14.5 Å². The van der Waals surface area contributed by atoms with E-state index in [0.29, 0.717) is 38.5 Å². The number of piperazine rings is 1. The molecule has 1 saturated heterocycles. The monoisotopic (exact) mass is 444 g/mol. The molecule has 0 saturated carbocycles. The van der Waals surface area contributed by atoms with Gasteiger partial charge in [0, 0.05) is 50.5 Å². The Morgan fingerprint density at radius 3 is 2.38 bits per heavy atom. The number of aryl methyl sites for hydroxylation is 1. The molecule has 174 valence electrons. The molecule has 2 aromatic rings. The van der Waals surface area contributed by atoms with E-state index in [1.807, 2.05) is 18.5 Å². The average Bonchev–Trinajstić information content (AvgIpc) is 3.03. The number of carbonyl (C=O) groups is 2. The van der Waals surface area contributed by atoms with Gasteiger partial charge in [-0.05, 0) is 56.0 Å².